The Balaban J connectivity index is 0.00000147. The molecule has 0 bridgehead atoms. The molecule has 0 saturated carbocycles. The Morgan fingerprint density at radius 3 is 1.53 bits per heavy atom. The molecule has 6 nitrogen and oxygen atoms in total. The van der Waals surface area contributed by atoms with Crippen LogP contribution in [0, 0.1) is 0 Å². The van der Waals surface area contributed by atoms with Gasteiger partial charge < -0.3 is 25.1 Å². The summed E-state index contributed by atoms with van der Waals surface area (Å²) >= 11 is 0. The van der Waals surface area contributed by atoms with E-state index in [2.05, 4.69) is 41.7 Å². The second-order valence-electron chi connectivity index (χ2n) is 9.42. The molecule has 38 heavy (non-hydrogen) atoms. The Labute approximate surface area is 260 Å². The van der Waals surface area contributed by atoms with Crippen LogP contribution < -0.4 is 74.6 Å². The van der Waals surface area contributed by atoms with Crippen molar-refractivity contribution < 1.29 is 83.7 Å². The fraction of sp³-hybridized carbons (Fsp3) is 0.100. The molecule has 0 aliphatic rings. The van der Waals surface area contributed by atoms with Gasteiger partial charge in [-0.25, -0.2) is 0 Å². The van der Waals surface area contributed by atoms with E-state index in [0.717, 1.165) is 59.2 Å². The third-order valence-corrected chi connectivity index (χ3v) is 7.47. The zero-order valence-corrected chi connectivity index (χ0v) is 24.9. The van der Waals surface area contributed by atoms with Crippen molar-refractivity contribution in [1.29, 1.82) is 0 Å². The molecule has 7 aromatic rings. The molecule has 0 heterocycles. The van der Waals surface area contributed by atoms with E-state index in [1.807, 2.05) is 24.3 Å². The number of carbonyl (C=O) groups is 3. The molecule has 174 valence electrons. The number of aliphatic carboxylic acids is 2. The van der Waals surface area contributed by atoms with Crippen LogP contribution in [0.3, 0.4) is 0 Å². The normalized spacial score (nSPS) is 12.4. The van der Waals surface area contributed by atoms with Gasteiger partial charge in [0, 0.05) is 11.5 Å². The van der Waals surface area contributed by atoms with E-state index in [-0.39, 0.29) is 65.5 Å². The Morgan fingerprint density at radius 1 is 0.632 bits per heavy atom. The standard InChI is InChI=1S/C30H19NO5.2Na/c32-22(33)12-11-21(30(35)36)31-29(34)20-13-18-8-7-16-4-2-14-1-3-15-5-6-17-9-10-19(20)28-26(17)24(15)23(14)25(16)27(18)28;;/h1-10,13,21H,11-12H2,(H,31,34)(H,32,33)(H,35,36);;/q;2*+1/p-2/t21-;;/m0../s1. The Bertz CT molecular complexity index is 1960. The second kappa shape index (κ2) is 9.79. The Hall–Kier alpha value is -2.71. The number of hydrogen-bond donors (Lipinski definition) is 1. The molecule has 0 aliphatic carbocycles. The van der Waals surface area contributed by atoms with Crippen molar-refractivity contribution in [2.24, 2.45) is 0 Å². The molecule has 0 fully saturated rings. The Kier molecular flexibility index (Phi) is 6.93. The van der Waals surface area contributed by atoms with Gasteiger partial charge in [0.25, 0.3) is 5.91 Å². The molecule has 7 aromatic carbocycles. The molecule has 1 amide bonds. The molecule has 0 spiro atoms. The first-order valence-electron chi connectivity index (χ1n) is 11.7. The van der Waals surface area contributed by atoms with Crippen LogP contribution in [0.4, 0.5) is 0 Å². The summed E-state index contributed by atoms with van der Waals surface area (Å²) in [6.07, 6.45) is -0.819. The molecule has 1 atom stereocenters. The average Bonchev–Trinajstić information content (AvgIpc) is 2.88. The number of hydrogen-bond acceptors (Lipinski definition) is 5. The second-order valence-corrected chi connectivity index (χ2v) is 9.42. The quantitative estimate of drug-likeness (QED) is 0.147. The molecule has 7 rings (SSSR count). The van der Waals surface area contributed by atoms with Gasteiger partial charge in [0.05, 0.1) is 12.0 Å². The number of rotatable bonds is 6. The van der Waals surface area contributed by atoms with Crippen LogP contribution >= 0.6 is 0 Å². The van der Waals surface area contributed by atoms with Crippen molar-refractivity contribution in [3.8, 4) is 0 Å². The minimum atomic E-state index is -1.54. The van der Waals surface area contributed by atoms with E-state index >= 15 is 0 Å². The van der Waals surface area contributed by atoms with Gasteiger partial charge in [-0.1, -0.05) is 60.7 Å². The van der Waals surface area contributed by atoms with Crippen molar-refractivity contribution in [1.82, 2.24) is 5.32 Å². The van der Waals surface area contributed by atoms with Crippen LogP contribution in [-0.4, -0.2) is 23.9 Å². The largest absolute Gasteiger partial charge is 1.00 e. The van der Waals surface area contributed by atoms with Crippen molar-refractivity contribution in [2.45, 2.75) is 18.9 Å². The van der Waals surface area contributed by atoms with E-state index in [4.69, 9.17) is 0 Å². The van der Waals surface area contributed by atoms with Gasteiger partial charge in [0.1, 0.15) is 0 Å². The van der Waals surface area contributed by atoms with Crippen molar-refractivity contribution in [3.05, 3.63) is 72.3 Å². The Morgan fingerprint density at radius 2 is 1.05 bits per heavy atom. The molecule has 0 radical (unpaired) electrons. The van der Waals surface area contributed by atoms with Gasteiger partial charge >= 0.3 is 59.1 Å². The number of amides is 1. The maximum Gasteiger partial charge on any atom is 1.00 e. The SMILES string of the molecule is O=C([O-])CC[C@H](NC(=O)c1cc2ccc3ccc4ccc5ccc6ccc1c1c6c5c4c3c21)C(=O)[O-].[Na+].[Na+]. The van der Waals surface area contributed by atoms with E-state index in [0.29, 0.717) is 5.56 Å². The molecular weight excluding hydrogens is 500 g/mol. The maximum atomic E-state index is 13.4. The molecule has 0 saturated heterocycles. The molecule has 0 aliphatic heterocycles. The summed E-state index contributed by atoms with van der Waals surface area (Å²) in [5.41, 5.74) is 0.335. The van der Waals surface area contributed by atoms with Gasteiger partial charge in [-0.3, -0.25) is 4.79 Å². The zero-order chi connectivity index (χ0) is 24.7. The first-order valence-corrected chi connectivity index (χ1v) is 11.7. The summed E-state index contributed by atoms with van der Waals surface area (Å²) in [5.74, 6) is -3.51. The third-order valence-electron chi connectivity index (χ3n) is 7.47. The van der Waals surface area contributed by atoms with Gasteiger partial charge in [-0.2, -0.15) is 0 Å². The summed E-state index contributed by atoms with van der Waals surface area (Å²) < 4.78 is 0. The van der Waals surface area contributed by atoms with Crippen LogP contribution in [-0.2, 0) is 9.59 Å². The molecule has 0 aromatic heterocycles. The maximum absolute atomic E-state index is 13.4. The first-order chi connectivity index (χ1) is 17.4. The van der Waals surface area contributed by atoms with E-state index < -0.39 is 30.3 Å². The smallest absolute Gasteiger partial charge is 0.550 e. The van der Waals surface area contributed by atoms with E-state index in [1.54, 1.807) is 6.07 Å². The fourth-order valence-corrected chi connectivity index (χ4v) is 5.92. The third kappa shape index (κ3) is 3.82. The molecule has 8 heteroatoms. The van der Waals surface area contributed by atoms with Gasteiger partial charge in [0.2, 0.25) is 0 Å². The number of carboxylic acids is 2. The number of carboxylic acid groups (broad SMARTS) is 2. The monoisotopic (exact) mass is 517 g/mol. The number of benzene rings is 7. The fourth-order valence-electron chi connectivity index (χ4n) is 5.92. The van der Waals surface area contributed by atoms with Crippen LogP contribution in [0.2, 0.25) is 0 Å². The molecule has 0 unspecified atom stereocenters. The predicted octanol–water partition coefficient (Wildman–Crippen LogP) is -2.69. The number of nitrogens with one attached hydrogen (secondary N) is 1. The van der Waals surface area contributed by atoms with Gasteiger partial charge in [-0.05, 0) is 83.5 Å². The summed E-state index contributed by atoms with van der Waals surface area (Å²) in [5, 5.41) is 37.6. The van der Waals surface area contributed by atoms with Gasteiger partial charge in [-0.15, -0.1) is 0 Å². The minimum absolute atomic E-state index is 0. The zero-order valence-electron chi connectivity index (χ0n) is 20.9. The summed E-state index contributed by atoms with van der Waals surface area (Å²) in [7, 11) is 0. The van der Waals surface area contributed by atoms with E-state index in [1.165, 1.54) is 5.39 Å². The number of carbonyl (C=O) groups excluding carboxylic acids is 3. The van der Waals surface area contributed by atoms with Crippen molar-refractivity contribution in [2.75, 3.05) is 0 Å². The predicted molar refractivity (Wildman–Crippen MR) is 136 cm³/mol. The van der Waals surface area contributed by atoms with E-state index in [9.17, 15) is 24.6 Å². The van der Waals surface area contributed by atoms with Crippen molar-refractivity contribution >= 4 is 82.5 Å². The van der Waals surface area contributed by atoms with Gasteiger partial charge in [0.15, 0.2) is 0 Å². The summed E-state index contributed by atoms with van der Waals surface area (Å²) in [4.78, 5) is 35.9. The first kappa shape index (κ1) is 26.9. The average molecular weight is 517 g/mol. The summed E-state index contributed by atoms with van der Waals surface area (Å²) in [6.45, 7) is 0. The van der Waals surface area contributed by atoms with Crippen LogP contribution in [0.25, 0.3) is 64.6 Å². The molecular formula is C30H17NNa2O5. The minimum Gasteiger partial charge on any atom is -0.550 e. The van der Waals surface area contributed by atoms with Crippen LogP contribution in [0.1, 0.15) is 23.2 Å². The van der Waals surface area contributed by atoms with Crippen LogP contribution in [0.15, 0.2) is 66.7 Å². The summed E-state index contributed by atoms with van der Waals surface area (Å²) in [6, 6.07) is 21.0. The topological polar surface area (TPSA) is 109 Å². The molecule has 1 N–H and O–H groups in total. The van der Waals surface area contributed by atoms with Crippen molar-refractivity contribution in [3.63, 3.8) is 0 Å². The van der Waals surface area contributed by atoms with Crippen LogP contribution in [0.5, 0.6) is 0 Å².